The summed E-state index contributed by atoms with van der Waals surface area (Å²) in [5.74, 6) is 0.874. The lowest BCUT2D eigenvalue weighted by Crippen LogP contribution is -2.18. The minimum absolute atomic E-state index is 0.0207. The second-order valence-corrected chi connectivity index (χ2v) is 6.40. The summed E-state index contributed by atoms with van der Waals surface area (Å²) in [7, 11) is 0. The van der Waals surface area contributed by atoms with Crippen molar-refractivity contribution in [2.45, 2.75) is 31.5 Å². The van der Waals surface area contributed by atoms with Crippen molar-refractivity contribution in [3.05, 3.63) is 40.7 Å². The Balaban J connectivity index is 1.93. The largest absolute Gasteiger partial charge is 0.414 e. The number of carbonyl (C=O) groups excluding carboxylic acids is 1. The molecule has 0 aliphatic rings. The van der Waals surface area contributed by atoms with Crippen molar-refractivity contribution in [1.29, 1.82) is 0 Å². The van der Waals surface area contributed by atoms with Gasteiger partial charge in [-0.25, -0.2) is 0 Å². The van der Waals surface area contributed by atoms with Gasteiger partial charge < -0.3 is 10.2 Å². The first-order valence-corrected chi connectivity index (χ1v) is 8.38. The highest BCUT2D eigenvalue weighted by molar-refractivity contribution is 7.99. The molecule has 5 nitrogen and oxygen atoms in total. The third kappa shape index (κ3) is 4.32. The number of nitrogens with two attached hydrogens (primary N) is 1. The molecule has 0 bridgehead atoms. The highest BCUT2D eigenvalue weighted by Gasteiger charge is 2.20. The SMILES string of the molecule is CCC(C)[C@H](N)c1nnc(SCC(=O)c2ccc(Cl)cc2)o1. The quantitative estimate of drug-likeness (QED) is 0.611. The molecule has 118 valence electrons. The number of rotatable bonds is 7. The Bertz CT molecular complexity index is 630. The molecule has 0 radical (unpaired) electrons. The van der Waals surface area contributed by atoms with Crippen LogP contribution in [0.1, 0.15) is 42.6 Å². The lowest BCUT2D eigenvalue weighted by molar-refractivity contribution is 0.102. The fourth-order valence-electron chi connectivity index (χ4n) is 1.76. The van der Waals surface area contributed by atoms with Crippen molar-refractivity contribution in [3.63, 3.8) is 0 Å². The number of halogens is 1. The molecule has 0 amide bonds. The lowest BCUT2D eigenvalue weighted by atomic mass is 10.0. The summed E-state index contributed by atoms with van der Waals surface area (Å²) in [5.41, 5.74) is 6.64. The minimum Gasteiger partial charge on any atom is -0.414 e. The Morgan fingerprint density at radius 3 is 2.68 bits per heavy atom. The highest BCUT2D eigenvalue weighted by Crippen LogP contribution is 2.24. The average Bonchev–Trinajstić information content (AvgIpc) is 3.00. The van der Waals surface area contributed by atoms with E-state index in [1.807, 2.05) is 6.92 Å². The first-order chi connectivity index (χ1) is 10.5. The maximum absolute atomic E-state index is 12.0. The number of ketones is 1. The third-order valence-corrected chi connectivity index (χ3v) is 4.53. The molecule has 2 N–H and O–H groups in total. The molecule has 0 aliphatic heterocycles. The van der Waals surface area contributed by atoms with Crippen LogP contribution in [0.25, 0.3) is 0 Å². The molecule has 1 aromatic carbocycles. The van der Waals surface area contributed by atoms with Crippen LogP contribution in [0.5, 0.6) is 0 Å². The molecular formula is C15H18ClN3O2S. The van der Waals surface area contributed by atoms with E-state index in [1.165, 1.54) is 11.8 Å². The van der Waals surface area contributed by atoms with Crippen LogP contribution < -0.4 is 5.73 Å². The predicted octanol–water partition coefficient (Wildman–Crippen LogP) is 3.74. The Hall–Kier alpha value is -1.37. The van der Waals surface area contributed by atoms with Crippen LogP contribution in [0.4, 0.5) is 0 Å². The Morgan fingerprint density at radius 1 is 1.36 bits per heavy atom. The molecule has 22 heavy (non-hydrogen) atoms. The second kappa shape index (κ2) is 7.76. The minimum atomic E-state index is -0.279. The number of thioether (sulfide) groups is 1. The number of carbonyl (C=O) groups is 1. The van der Waals surface area contributed by atoms with Crippen molar-refractivity contribution in [2.75, 3.05) is 5.75 Å². The lowest BCUT2D eigenvalue weighted by Gasteiger charge is -2.13. The highest BCUT2D eigenvalue weighted by atomic mass is 35.5. The van der Waals surface area contributed by atoms with Crippen LogP contribution in [-0.4, -0.2) is 21.7 Å². The van der Waals surface area contributed by atoms with Gasteiger partial charge in [0.25, 0.3) is 5.22 Å². The smallest absolute Gasteiger partial charge is 0.277 e. The third-order valence-electron chi connectivity index (χ3n) is 3.46. The molecule has 2 atom stereocenters. The van der Waals surface area contributed by atoms with E-state index in [0.29, 0.717) is 21.7 Å². The number of benzene rings is 1. The van der Waals surface area contributed by atoms with Gasteiger partial charge in [0.15, 0.2) is 5.78 Å². The molecule has 1 aromatic heterocycles. The van der Waals surface area contributed by atoms with Crippen molar-refractivity contribution >= 4 is 29.1 Å². The van der Waals surface area contributed by atoms with E-state index in [-0.39, 0.29) is 23.5 Å². The standard InChI is InChI=1S/C15H18ClN3O2S/c1-3-9(2)13(17)14-18-19-15(21-14)22-8-12(20)10-4-6-11(16)7-5-10/h4-7,9,13H,3,8,17H2,1-2H3/t9?,13-/m0/s1. The zero-order valence-corrected chi connectivity index (χ0v) is 14.0. The van der Waals surface area contributed by atoms with E-state index in [0.717, 1.165) is 6.42 Å². The fourth-order valence-corrected chi connectivity index (χ4v) is 2.55. The number of hydrogen-bond donors (Lipinski definition) is 1. The first-order valence-electron chi connectivity index (χ1n) is 7.01. The topological polar surface area (TPSA) is 82.0 Å². The van der Waals surface area contributed by atoms with Gasteiger partial charge in [-0.05, 0) is 30.2 Å². The summed E-state index contributed by atoms with van der Waals surface area (Å²) in [5, 5.41) is 8.84. The van der Waals surface area contributed by atoms with Gasteiger partial charge in [0.2, 0.25) is 5.89 Å². The normalized spacial score (nSPS) is 13.8. The summed E-state index contributed by atoms with van der Waals surface area (Å²) in [6, 6.07) is 6.50. The van der Waals surface area contributed by atoms with Crippen molar-refractivity contribution in [3.8, 4) is 0 Å². The van der Waals surface area contributed by atoms with Gasteiger partial charge in [0.1, 0.15) is 0 Å². The Labute approximate surface area is 138 Å². The first kappa shape index (κ1) is 17.0. The van der Waals surface area contributed by atoms with Gasteiger partial charge in [0.05, 0.1) is 11.8 Å². The molecule has 2 rings (SSSR count). The molecule has 7 heteroatoms. The molecule has 1 unspecified atom stereocenters. The van der Waals surface area contributed by atoms with Gasteiger partial charge in [-0.3, -0.25) is 4.79 Å². The van der Waals surface area contributed by atoms with Crippen molar-refractivity contribution in [2.24, 2.45) is 11.7 Å². The van der Waals surface area contributed by atoms with E-state index in [4.69, 9.17) is 21.8 Å². The van der Waals surface area contributed by atoms with Crippen LogP contribution in [0.15, 0.2) is 33.9 Å². The Morgan fingerprint density at radius 2 is 2.05 bits per heavy atom. The summed E-state index contributed by atoms with van der Waals surface area (Å²) in [6.07, 6.45) is 0.932. The zero-order valence-electron chi connectivity index (χ0n) is 12.5. The summed E-state index contributed by atoms with van der Waals surface area (Å²) < 4.78 is 5.52. The molecule has 0 fully saturated rings. The van der Waals surface area contributed by atoms with E-state index in [1.54, 1.807) is 24.3 Å². The van der Waals surface area contributed by atoms with E-state index in [9.17, 15) is 4.79 Å². The zero-order chi connectivity index (χ0) is 16.1. The summed E-state index contributed by atoms with van der Waals surface area (Å²) in [4.78, 5) is 12.0. The Kier molecular flexibility index (Phi) is 5.99. The predicted molar refractivity (Wildman–Crippen MR) is 87.2 cm³/mol. The molecule has 0 saturated carbocycles. The number of aromatic nitrogens is 2. The molecule has 2 aromatic rings. The molecule has 0 spiro atoms. The van der Waals surface area contributed by atoms with Crippen LogP contribution in [-0.2, 0) is 0 Å². The van der Waals surface area contributed by atoms with Gasteiger partial charge in [-0.15, -0.1) is 10.2 Å². The molecular weight excluding hydrogens is 322 g/mol. The van der Waals surface area contributed by atoms with Crippen molar-refractivity contribution in [1.82, 2.24) is 10.2 Å². The number of hydrogen-bond acceptors (Lipinski definition) is 6. The van der Waals surface area contributed by atoms with Crippen molar-refractivity contribution < 1.29 is 9.21 Å². The van der Waals surface area contributed by atoms with Crippen LogP contribution >= 0.6 is 23.4 Å². The monoisotopic (exact) mass is 339 g/mol. The molecule has 0 aliphatic carbocycles. The van der Waals surface area contributed by atoms with Crippen LogP contribution in [0.2, 0.25) is 5.02 Å². The average molecular weight is 340 g/mol. The van der Waals surface area contributed by atoms with Gasteiger partial charge in [0, 0.05) is 10.6 Å². The molecule has 0 saturated heterocycles. The maximum atomic E-state index is 12.0. The van der Waals surface area contributed by atoms with E-state index < -0.39 is 0 Å². The number of nitrogens with zero attached hydrogens (tertiary/aromatic N) is 2. The van der Waals surface area contributed by atoms with E-state index in [2.05, 4.69) is 17.1 Å². The van der Waals surface area contributed by atoms with Gasteiger partial charge >= 0.3 is 0 Å². The summed E-state index contributed by atoms with van der Waals surface area (Å²) >= 11 is 7.00. The second-order valence-electron chi connectivity index (χ2n) is 5.04. The van der Waals surface area contributed by atoms with Gasteiger partial charge in [-0.1, -0.05) is 43.6 Å². The fraction of sp³-hybridized carbons (Fsp3) is 0.400. The molecule has 1 heterocycles. The van der Waals surface area contributed by atoms with Gasteiger partial charge in [-0.2, -0.15) is 0 Å². The van der Waals surface area contributed by atoms with Crippen LogP contribution in [0.3, 0.4) is 0 Å². The summed E-state index contributed by atoms with van der Waals surface area (Å²) in [6.45, 7) is 4.09. The van der Waals surface area contributed by atoms with Crippen LogP contribution in [0, 0.1) is 5.92 Å². The van der Waals surface area contributed by atoms with E-state index >= 15 is 0 Å². The maximum Gasteiger partial charge on any atom is 0.277 e. The number of Topliss-reactive ketones (excluding diaryl/α,β-unsaturated/α-hetero) is 1.